The van der Waals surface area contributed by atoms with Gasteiger partial charge in [-0.1, -0.05) is 198 Å². The number of para-hydroxylation sites is 1. The number of aromatic nitrogens is 1. The average molecular weight is 1250 g/mol. The van der Waals surface area contributed by atoms with Crippen LogP contribution >= 0.6 is 0 Å². The molecule has 0 bridgehead atoms. The van der Waals surface area contributed by atoms with Gasteiger partial charge in [0.2, 0.25) is 0 Å². The van der Waals surface area contributed by atoms with Gasteiger partial charge in [-0.3, -0.25) is 0 Å². The minimum absolute atomic E-state index is 0.0180. The Hall–Kier alpha value is -8.41. The number of benzene rings is 7. The summed E-state index contributed by atoms with van der Waals surface area (Å²) < 4.78 is 199. The first kappa shape index (κ1) is 66.0. The monoisotopic (exact) mass is 1250 g/mol. The normalized spacial score (nSPS) is 14.3. The molecule has 7 aromatic carbocycles. The Bertz CT molecular complexity index is 3900. The highest BCUT2D eigenvalue weighted by atomic mass is 19.4. The molecule has 1 aromatic heterocycles. The molecule has 1 aliphatic rings. The lowest BCUT2D eigenvalue weighted by atomic mass is 9.84. The number of rotatable bonds is 12. The van der Waals surface area contributed by atoms with Gasteiger partial charge in [0.05, 0.1) is 46.5 Å². The quantitative estimate of drug-likeness (QED) is 0.0904. The molecule has 9 rings (SSSR count). The zero-order chi connectivity index (χ0) is 66.1. The second kappa shape index (κ2) is 23.8. The van der Waals surface area contributed by atoms with Crippen molar-refractivity contribution in [2.75, 3.05) is 7.11 Å². The Morgan fingerprint density at radius 2 is 0.756 bits per heavy atom. The van der Waals surface area contributed by atoms with E-state index < -0.39 is 76.5 Å². The van der Waals surface area contributed by atoms with E-state index in [0.717, 1.165) is 22.3 Å². The summed E-state index contributed by atoms with van der Waals surface area (Å²) in [5, 5.41) is 0. The van der Waals surface area contributed by atoms with Crippen molar-refractivity contribution in [3.05, 3.63) is 242 Å². The summed E-state index contributed by atoms with van der Waals surface area (Å²) in [4.78, 5) is 5.49. The summed E-state index contributed by atoms with van der Waals surface area (Å²) in [5.41, 5.74) is -1.34. The summed E-state index contributed by atoms with van der Waals surface area (Å²) in [6.07, 6.45) is -19.9. The first-order chi connectivity index (χ1) is 41.6. The second-order valence-electron chi connectivity index (χ2n) is 26.5. The number of allylic oxidation sites excluding steroid dienone is 2. The lowest BCUT2D eigenvalue weighted by Crippen LogP contribution is -2.40. The predicted molar refractivity (Wildman–Crippen MR) is 332 cm³/mol. The van der Waals surface area contributed by atoms with Crippen molar-refractivity contribution in [2.24, 2.45) is 4.99 Å². The van der Waals surface area contributed by atoms with Crippen molar-refractivity contribution in [2.45, 2.75) is 129 Å². The lowest BCUT2D eigenvalue weighted by Gasteiger charge is -2.26. The topological polar surface area (TPSA) is 45.0 Å². The van der Waals surface area contributed by atoms with E-state index in [1.165, 1.54) is 11.6 Å². The van der Waals surface area contributed by atoms with Crippen LogP contribution in [0.1, 0.15) is 150 Å². The standard InChI is InChI=1S/C72H67BF12N2O3/c1-65(2,3)46-26-18-42(19-27-46)57-40-59(44-22-30-48(31-23-44)67(7,8)9)86-63(57)62(56-16-14-15-17-61(56)88-13)64-58(43-20-28-47(29-21-43)66(4,5)6)41-60(45-24-32-49(33-25-45)68(10,11)12)87(64)73(89-54-36-50(69(74,75)76)34-51(37-54)70(77,78)79)90-55-38-52(71(80,81)82)35-53(39-55)72(83,84)85/h14-41H,1-13H3/b63-62-. The molecule has 0 spiro atoms. The second-order valence-corrected chi connectivity index (χ2v) is 26.5. The van der Waals surface area contributed by atoms with Crippen molar-refractivity contribution in [1.29, 1.82) is 0 Å². The molecule has 0 N–H and O–H groups in total. The van der Waals surface area contributed by atoms with Gasteiger partial charge in [0.15, 0.2) is 0 Å². The van der Waals surface area contributed by atoms with Gasteiger partial charge >= 0.3 is 32.0 Å². The van der Waals surface area contributed by atoms with E-state index in [0.29, 0.717) is 28.0 Å². The molecular weight excluding hydrogens is 1180 g/mol. The number of methoxy groups -OCH3 is 1. The smallest absolute Gasteiger partial charge is 0.507 e. The van der Waals surface area contributed by atoms with Crippen molar-refractivity contribution >= 4 is 24.1 Å². The predicted octanol–water partition coefficient (Wildman–Crippen LogP) is 21.4. The molecule has 5 nitrogen and oxygen atoms in total. The van der Waals surface area contributed by atoms with Crippen LogP contribution in [0.5, 0.6) is 17.2 Å². The van der Waals surface area contributed by atoms with E-state index in [4.69, 9.17) is 19.0 Å². The molecule has 2 heterocycles. The fraction of sp³-hybridized carbons (Fsp3) is 0.292. The van der Waals surface area contributed by atoms with Crippen LogP contribution in [0.2, 0.25) is 0 Å². The number of hydrogen-bond donors (Lipinski definition) is 0. The van der Waals surface area contributed by atoms with Crippen LogP contribution in [0.4, 0.5) is 52.7 Å². The molecule has 18 heteroatoms. The van der Waals surface area contributed by atoms with Crippen LogP contribution < -0.4 is 14.0 Å². The number of ether oxygens (including phenoxy) is 1. The van der Waals surface area contributed by atoms with Gasteiger partial charge in [-0.2, -0.15) is 52.7 Å². The number of aliphatic imine (C=N–C) groups is 1. The third kappa shape index (κ3) is 14.4. The molecule has 0 aliphatic carbocycles. The van der Waals surface area contributed by atoms with Crippen LogP contribution in [0.25, 0.3) is 33.5 Å². The zero-order valence-electron chi connectivity index (χ0n) is 51.9. The van der Waals surface area contributed by atoms with Crippen LogP contribution in [0, 0.1) is 0 Å². The minimum atomic E-state index is -5.45. The zero-order valence-corrected chi connectivity index (χ0v) is 51.9. The van der Waals surface area contributed by atoms with E-state index in [-0.39, 0.29) is 92.3 Å². The van der Waals surface area contributed by atoms with Crippen molar-refractivity contribution < 1.29 is 66.7 Å². The molecule has 0 saturated carbocycles. The van der Waals surface area contributed by atoms with E-state index in [1.807, 2.05) is 108 Å². The van der Waals surface area contributed by atoms with Crippen molar-refractivity contribution in [3.8, 4) is 39.6 Å². The molecule has 0 fully saturated rings. The van der Waals surface area contributed by atoms with Crippen LogP contribution in [-0.2, 0) is 46.4 Å². The fourth-order valence-electron chi connectivity index (χ4n) is 10.6. The van der Waals surface area contributed by atoms with E-state index >= 15 is 0 Å². The minimum Gasteiger partial charge on any atom is -0.507 e. The van der Waals surface area contributed by atoms with Gasteiger partial charge in [0.25, 0.3) is 0 Å². The number of halogens is 12. The Balaban J connectivity index is 1.54. The summed E-state index contributed by atoms with van der Waals surface area (Å²) in [5.74, 6) is -2.15. The molecular formula is C72H67BF12N2O3. The highest BCUT2D eigenvalue weighted by molar-refractivity contribution is 6.46. The summed E-state index contributed by atoms with van der Waals surface area (Å²) in [6.45, 7) is 24.2. The van der Waals surface area contributed by atoms with E-state index in [9.17, 15) is 52.7 Å². The largest absolute Gasteiger partial charge is 0.743 e. The van der Waals surface area contributed by atoms with Gasteiger partial charge in [-0.05, 0) is 115 Å². The lowest BCUT2D eigenvalue weighted by molar-refractivity contribution is -0.144. The highest BCUT2D eigenvalue weighted by Crippen LogP contribution is 2.49. The summed E-state index contributed by atoms with van der Waals surface area (Å²) in [6, 6.07) is 38.8. The maximum absolute atomic E-state index is 14.9. The molecule has 0 atom stereocenters. The molecule has 8 aromatic rings. The average Bonchev–Trinajstić information content (AvgIpc) is 1.55. The molecule has 0 amide bonds. The van der Waals surface area contributed by atoms with Crippen molar-refractivity contribution in [3.63, 3.8) is 0 Å². The van der Waals surface area contributed by atoms with Crippen LogP contribution in [-0.4, -0.2) is 24.6 Å². The fourth-order valence-corrected chi connectivity index (χ4v) is 10.6. The highest BCUT2D eigenvalue weighted by Gasteiger charge is 2.44. The summed E-state index contributed by atoms with van der Waals surface area (Å²) >= 11 is 0. The Morgan fingerprint density at radius 3 is 1.12 bits per heavy atom. The Kier molecular flexibility index (Phi) is 17.4. The number of hydrogen-bond acceptors (Lipinski definition) is 4. The Labute approximate surface area is 516 Å². The van der Waals surface area contributed by atoms with E-state index in [1.54, 1.807) is 66.7 Å². The maximum atomic E-state index is 14.9. The van der Waals surface area contributed by atoms with Gasteiger partial charge in [-0.25, -0.2) is 4.99 Å². The van der Waals surface area contributed by atoms with Crippen LogP contribution in [0.3, 0.4) is 0 Å². The van der Waals surface area contributed by atoms with E-state index in [2.05, 4.69) is 41.5 Å². The molecule has 470 valence electrons. The number of nitrogens with zero attached hydrogens (tertiary/aromatic N) is 2. The Morgan fingerprint density at radius 1 is 0.400 bits per heavy atom. The molecule has 1 aliphatic heterocycles. The van der Waals surface area contributed by atoms with Gasteiger partial charge in [-0.15, -0.1) is 0 Å². The third-order valence-electron chi connectivity index (χ3n) is 15.7. The first-order valence-corrected chi connectivity index (χ1v) is 28.9. The van der Waals surface area contributed by atoms with Gasteiger partial charge < -0.3 is 18.5 Å². The van der Waals surface area contributed by atoms with Gasteiger partial charge in [0, 0.05) is 33.5 Å². The molecule has 0 radical (unpaired) electrons. The molecule has 90 heavy (non-hydrogen) atoms. The number of alkyl halides is 12. The SMILES string of the molecule is COc1ccccc1/C(=C1/N=C(c2ccc(C(C)(C)C)cc2)C=C1c1ccc(C(C)(C)C)cc1)c1c(-c2ccc(C(C)(C)C)cc2)cc(-c2ccc(C(C)(C)C)cc2)n1B(Oc1cc(C(F)(F)F)cc(C(F)(F)F)c1)Oc1cc(C(F)(F)F)cc(C(F)(F)F)c1. The summed E-state index contributed by atoms with van der Waals surface area (Å²) in [7, 11) is -1.20. The molecule has 0 unspecified atom stereocenters. The van der Waals surface area contributed by atoms with Gasteiger partial charge in [0.1, 0.15) is 17.2 Å². The van der Waals surface area contributed by atoms with Crippen LogP contribution in [0.15, 0.2) is 181 Å². The third-order valence-corrected chi connectivity index (χ3v) is 15.7. The first-order valence-electron chi connectivity index (χ1n) is 28.9. The maximum Gasteiger partial charge on any atom is 0.743 e. The molecule has 0 saturated heterocycles. The van der Waals surface area contributed by atoms with Crippen molar-refractivity contribution in [1.82, 2.24) is 4.48 Å².